The van der Waals surface area contributed by atoms with Crippen LogP contribution in [0.1, 0.15) is 42.9 Å². The van der Waals surface area contributed by atoms with Crippen LogP contribution in [0.25, 0.3) is 0 Å². The quantitative estimate of drug-likeness (QED) is 0.477. The SMILES string of the molecule is COCC(=O)NC(CCN1CCC2(CC1)CCN(Cc1ccc(S(C)(=O)=O)cc1)C2=O)c1ccccc1Cl. The van der Waals surface area contributed by atoms with E-state index in [-0.39, 0.29) is 34.8 Å². The average molecular weight is 562 g/mol. The second-order valence-electron chi connectivity index (χ2n) is 10.4. The van der Waals surface area contributed by atoms with E-state index in [4.69, 9.17) is 16.3 Å². The number of hydrogen-bond donors (Lipinski definition) is 1. The van der Waals surface area contributed by atoms with Gasteiger partial charge in [0.05, 0.1) is 16.4 Å². The Bertz CT molecular complexity index is 1240. The number of hydrogen-bond acceptors (Lipinski definition) is 6. The van der Waals surface area contributed by atoms with E-state index < -0.39 is 9.84 Å². The zero-order valence-corrected chi connectivity index (χ0v) is 23.6. The first-order chi connectivity index (χ1) is 18.1. The van der Waals surface area contributed by atoms with Gasteiger partial charge in [-0.25, -0.2) is 8.42 Å². The number of sulfone groups is 1. The van der Waals surface area contributed by atoms with Gasteiger partial charge in [-0.15, -0.1) is 0 Å². The molecule has 2 aromatic carbocycles. The highest BCUT2D eigenvalue weighted by molar-refractivity contribution is 7.90. The number of nitrogens with one attached hydrogen (secondary N) is 1. The standard InChI is InChI=1S/C28H36ClN3O5S/c1-37-20-26(33)30-25(23-5-3-4-6-24(23)29)11-15-31-16-12-28(13-17-31)14-18-32(27(28)34)19-21-7-9-22(10-8-21)38(2,35)36/h3-10,25H,11-20H2,1-2H3,(H,30,33). The van der Waals surface area contributed by atoms with Gasteiger partial charge < -0.3 is 19.9 Å². The van der Waals surface area contributed by atoms with E-state index in [1.807, 2.05) is 29.2 Å². The molecule has 1 unspecified atom stereocenters. The summed E-state index contributed by atoms with van der Waals surface area (Å²) in [5.74, 6) is 0.0164. The average Bonchev–Trinajstić information content (AvgIpc) is 3.17. The number of amides is 2. The van der Waals surface area contributed by atoms with Crippen LogP contribution in [-0.2, 0) is 30.7 Å². The maximum atomic E-state index is 13.4. The minimum absolute atomic E-state index is 0.00630. The molecule has 1 spiro atoms. The number of nitrogens with zero attached hydrogens (tertiary/aromatic N) is 2. The highest BCUT2D eigenvalue weighted by Crippen LogP contribution is 2.42. The van der Waals surface area contributed by atoms with Crippen LogP contribution in [0.15, 0.2) is 53.4 Å². The van der Waals surface area contributed by atoms with Crippen LogP contribution in [0.2, 0.25) is 5.02 Å². The van der Waals surface area contributed by atoms with Gasteiger partial charge in [-0.1, -0.05) is 41.9 Å². The van der Waals surface area contributed by atoms with Crippen molar-refractivity contribution in [3.05, 3.63) is 64.7 Å². The van der Waals surface area contributed by atoms with Crippen LogP contribution >= 0.6 is 11.6 Å². The van der Waals surface area contributed by atoms with Gasteiger partial charge in [0.1, 0.15) is 6.61 Å². The molecule has 38 heavy (non-hydrogen) atoms. The molecule has 1 N–H and O–H groups in total. The molecule has 2 heterocycles. The summed E-state index contributed by atoms with van der Waals surface area (Å²) in [6, 6.07) is 14.1. The molecule has 0 saturated carbocycles. The van der Waals surface area contributed by atoms with Crippen molar-refractivity contribution in [2.24, 2.45) is 5.41 Å². The molecule has 8 nitrogen and oxygen atoms in total. The van der Waals surface area contributed by atoms with Crippen molar-refractivity contribution in [2.75, 3.05) is 46.2 Å². The molecule has 2 saturated heterocycles. The van der Waals surface area contributed by atoms with Crippen molar-refractivity contribution in [1.29, 1.82) is 0 Å². The summed E-state index contributed by atoms with van der Waals surface area (Å²) in [6.07, 6.45) is 4.35. The topological polar surface area (TPSA) is 96.0 Å². The molecule has 0 aromatic heterocycles. The predicted molar refractivity (Wildman–Crippen MR) is 147 cm³/mol. The van der Waals surface area contributed by atoms with Gasteiger partial charge in [0.15, 0.2) is 9.84 Å². The van der Waals surface area contributed by atoms with E-state index >= 15 is 0 Å². The van der Waals surface area contributed by atoms with Gasteiger partial charge in [0.25, 0.3) is 0 Å². The number of carbonyl (C=O) groups is 2. The third kappa shape index (κ3) is 6.75. The van der Waals surface area contributed by atoms with Crippen molar-refractivity contribution in [3.8, 4) is 0 Å². The molecule has 206 valence electrons. The van der Waals surface area contributed by atoms with Gasteiger partial charge in [0, 0.05) is 38.0 Å². The Balaban J connectivity index is 1.32. The van der Waals surface area contributed by atoms with Crippen LogP contribution in [0.4, 0.5) is 0 Å². The first kappa shape index (κ1) is 28.5. The fourth-order valence-corrected chi connectivity index (χ4v) is 6.41. The van der Waals surface area contributed by atoms with E-state index in [0.29, 0.717) is 24.5 Å². The second kappa shape index (κ2) is 12.2. The third-order valence-corrected chi connectivity index (χ3v) is 9.24. The molecule has 2 amide bonds. The summed E-state index contributed by atoms with van der Waals surface area (Å²) in [7, 11) is -1.75. The van der Waals surface area contributed by atoms with Crippen molar-refractivity contribution < 1.29 is 22.7 Å². The van der Waals surface area contributed by atoms with E-state index in [0.717, 1.165) is 50.0 Å². The Kier molecular flexibility index (Phi) is 9.13. The molecule has 0 bridgehead atoms. The van der Waals surface area contributed by atoms with E-state index in [1.54, 1.807) is 24.3 Å². The fraction of sp³-hybridized carbons (Fsp3) is 0.500. The number of likely N-dealkylation sites (tertiary alicyclic amines) is 2. The molecule has 2 fully saturated rings. The van der Waals surface area contributed by atoms with Gasteiger partial charge >= 0.3 is 0 Å². The van der Waals surface area contributed by atoms with E-state index in [1.165, 1.54) is 13.4 Å². The van der Waals surface area contributed by atoms with Crippen LogP contribution in [0.5, 0.6) is 0 Å². The molecule has 2 aliphatic heterocycles. The molecule has 4 rings (SSSR count). The number of benzene rings is 2. The summed E-state index contributed by atoms with van der Waals surface area (Å²) >= 11 is 6.43. The molecule has 10 heteroatoms. The van der Waals surface area contributed by atoms with E-state index in [9.17, 15) is 18.0 Å². The summed E-state index contributed by atoms with van der Waals surface area (Å²) in [5.41, 5.74) is 1.50. The number of methoxy groups -OCH3 is 1. The molecule has 0 radical (unpaired) electrons. The normalized spacial score (nSPS) is 18.6. The minimum atomic E-state index is -3.24. The van der Waals surface area contributed by atoms with E-state index in [2.05, 4.69) is 10.2 Å². The second-order valence-corrected chi connectivity index (χ2v) is 12.8. The highest BCUT2D eigenvalue weighted by Gasteiger charge is 2.47. The number of ether oxygens (including phenoxy) is 1. The monoisotopic (exact) mass is 561 g/mol. The number of halogens is 1. The van der Waals surface area contributed by atoms with Crippen molar-refractivity contribution in [3.63, 3.8) is 0 Å². The zero-order chi connectivity index (χ0) is 27.3. The molecule has 0 aliphatic carbocycles. The largest absolute Gasteiger partial charge is 0.375 e. The Hall–Kier alpha value is -2.46. The van der Waals surface area contributed by atoms with Gasteiger partial charge in [-0.3, -0.25) is 9.59 Å². The summed E-state index contributed by atoms with van der Waals surface area (Å²) in [6.45, 7) is 3.63. The Morgan fingerprint density at radius 1 is 1.08 bits per heavy atom. The van der Waals surface area contributed by atoms with Gasteiger partial charge in [0.2, 0.25) is 11.8 Å². The lowest BCUT2D eigenvalue weighted by molar-refractivity contribution is -0.139. The zero-order valence-electron chi connectivity index (χ0n) is 22.0. The smallest absolute Gasteiger partial charge is 0.246 e. The van der Waals surface area contributed by atoms with Crippen LogP contribution in [0.3, 0.4) is 0 Å². The lowest BCUT2D eigenvalue weighted by atomic mass is 9.77. The maximum absolute atomic E-state index is 13.4. The van der Waals surface area contributed by atoms with Crippen LogP contribution in [0, 0.1) is 5.41 Å². The number of piperidine rings is 1. The predicted octanol–water partition coefficient (Wildman–Crippen LogP) is 3.45. The van der Waals surface area contributed by atoms with Crippen molar-refractivity contribution >= 4 is 33.3 Å². The van der Waals surface area contributed by atoms with Gasteiger partial charge in [-0.05, 0) is 68.1 Å². The highest BCUT2D eigenvalue weighted by atomic mass is 35.5. The third-order valence-electron chi connectivity index (χ3n) is 7.76. The minimum Gasteiger partial charge on any atom is -0.375 e. The first-order valence-electron chi connectivity index (χ1n) is 12.9. The molecule has 1 atom stereocenters. The summed E-state index contributed by atoms with van der Waals surface area (Å²) in [5, 5.41) is 3.66. The number of carbonyl (C=O) groups excluding carboxylic acids is 2. The van der Waals surface area contributed by atoms with Gasteiger partial charge in [-0.2, -0.15) is 0 Å². The summed E-state index contributed by atoms with van der Waals surface area (Å²) in [4.78, 5) is 30.2. The Labute approximate surface area is 230 Å². The summed E-state index contributed by atoms with van der Waals surface area (Å²) < 4.78 is 28.4. The number of rotatable bonds is 10. The first-order valence-corrected chi connectivity index (χ1v) is 15.2. The molecule has 2 aromatic rings. The lowest BCUT2D eigenvalue weighted by Crippen LogP contribution is -2.45. The molecular weight excluding hydrogens is 526 g/mol. The molecule has 2 aliphatic rings. The molecular formula is C28H36ClN3O5S. The fourth-order valence-electron chi connectivity index (χ4n) is 5.52. The van der Waals surface area contributed by atoms with Crippen molar-refractivity contribution in [1.82, 2.24) is 15.1 Å². The lowest BCUT2D eigenvalue weighted by Gasteiger charge is -2.38. The van der Waals surface area contributed by atoms with Crippen LogP contribution in [-0.4, -0.2) is 76.2 Å². The van der Waals surface area contributed by atoms with Crippen molar-refractivity contribution in [2.45, 2.75) is 43.2 Å². The van der Waals surface area contributed by atoms with Crippen LogP contribution < -0.4 is 5.32 Å². The maximum Gasteiger partial charge on any atom is 0.246 e. The Morgan fingerprint density at radius 2 is 1.74 bits per heavy atom. The Morgan fingerprint density at radius 3 is 2.37 bits per heavy atom.